The molecule has 6 rings (SSSR count). The average molecular weight is 612 g/mol. The van der Waals surface area contributed by atoms with Crippen LogP contribution >= 0.6 is 0 Å². The van der Waals surface area contributed by atoms with Crippen LogP contribution in [0.15, 0.2) is 89.3 Å². The number of halogens is 1. The van der Waals surface area contributed by atoms with E-state index in [2.05, 4.69) is 5.32 Å². The van der Waals surface area contributed by atoms with Crippen LogP contribution in [0.1, 0.15) is 60.4 Å². The predicted molar refractivity (Wildman–Crippen MR) is 170 cm³/mol. The van der Waals surface area contributed by atoms with Gasteiger partial charge in [-0.25, -0.2) is 9.37 Å². The number of amides is 1. The number of nitrogens with one attached hydrogen (secondary N) is 1. The molecule has 2 N–H and O–H groups in total. The Hall–Kier alpha value is -4.02. The molecule has 2 atom stereocenters. The van der Waals surface area contributed by atoms with Crippen molar-refractivity contribution < 1.29 is 23.3 Å². The number of pyridine rings is 1. The van der Waals surface area contributed by atoms with Crippen molar-refractivity contribution in [2.45, 2.75) is 51.1 Å². The average Bonchev–Trinajstić information content (AvgIpc) is 3.61. The normalized spacial score (nSPS) is 15.8. The van der Waals surface area contributed by atoms with E-state index < -0.39 is 27.8 Å². The SMILES string of the molecule is CC(C)(C)[S@@+]([O-])N1Cc2cc(C(=O)NCc3ccccc3F)nc(-c3cccc(-c4cc5ccccc5o4)c3)c2C1CCO. The molecule has 5 aromatic rings. The van der Waals surface area contributed by atoms with E-state index in [1.807, 2.05) is 79.7 Å². The molecule has 0 aliphatic carbocycles. The Kier molecular flexibility index (Phi) is 8.30. The van der Waals surface area contributed by atoms with Gasteiger partial charge in [-0.1, -0.05) is 54.6 Å². The number of aliphatic hydroxyl groups is 1. The summed E-state index contributed by atoms with van der Waals surface area (Å²) >= 11 is -1.39. The van der Waals surface area contributed by atoms with Gasteiger partial charge in [-0.2, -0.15) is 0 Å². The maximum Gasteiger partial charge on any atom is 0.270 e. The van der Waals surface area contributed by atoms with Gasteiger partial charge in [0.15, 0.2) is 0 Å². The molecule has 7 nitrogen and oxygen atoms in total. The Balaban J connectivity index is 1.44. The quantitative estimate of drug-likeness (QED) is 0.185. The summed E-state index contributed by atoms with van der Waals surface area (Å²) in [6.45, 7) is 5.98. The molecule has 2 aromatic heterocycles. The molecule has 0 saturated heterocycles. The van der Waals surface area contributed by atoms with Crippen molar-refractivity contribution >= 4 is 28.2 Å². The number of aromatic nitrogens is 1. The van der Waals surface area contributed by atoms with Gasteiger partial charge in [-0.3, -0.25) is 4.79 Å². The van der Waals surface area contributed by atoms with Gasteiger partial charge in [-0.05, 0) is 63.1 Å². The summed E-state index contributed by atoms with van der Waals surface area (Å²) in [4.78, 5) is 18.3. The van der Waals surface area contributed by atoms with Crippen LogP contribution < -0.4 is 5.32 Å². The fraction of sp³-hybridized carbons (Fsp3) is 0.257. The lowest BCUT2D eigenvalue weighted by molar-refractivity contribution is 0.0945. The molecule has 1 aliphatic rings. The number of fused-ring (bicyclic) bond motifs is 2. The van der Waals surface area contributed by atoms with Crippen molar-refractivity contribution in [2.24, 2.45) is 0 Å². The third-order valence-electron chi connectivity index (χ3n) is 7.77. The largest absolute Gasteiger partial charge is 0.597 e. The minimum atomic E-state index is -1.39. The maximum absolute atomic E-state index is 14.3. The van der Waals surface area contributed by atoms with Crippen LogP contribution in [0.2, 0.25) is 0 Å². The second kappa shape index (κ2) is 12.2. The first-order valence-corrected chi connectivity index (χ1v) is 15.7. The summed E-state index contributed by atoms with van der Waals surface area (Å²) < 4.78 is 35.4. The number of carbonyl (C=O) groups is 1. The molecule has 1 amide bonds. The molecule has 0 fully saturated rings. The van der Waals surface area contributed by atoms with Gasteiger partial charge in [0.05, 0.1) is 18.3 Å². The fourth-order valence-electron chi connectivity index (χ4n) is 5.66. The Labute approximate surface area is 259 Å². The summed E-state index contributed by atoms with van der Waals surface area (Å²) in [7, 11) is 0. The third kappa shape index (κ3) is 5.88. The molecule has 1 unspecified atom stereocenters. The van der Waals surface area contributed by atoms with Crippen molar-refractivity contribution in [3.05, 3.63) is 113 Å². The smallest absolute Gasteiger partial charge is 0.270 e. The standard InChI is InChI=1S/C35H34FN3O4S/c1-35(2,3)44(42)39-21-26-18-28(34(41)37-20-25-10-4-6-13-27(25)36)38-33(32(26)29(39)15-16-40)24-12-8-11-22(17-24)31-19-23-9-5-7-14-30(23)43-31/h4-14,17-19,29,40H,15-16,20-21H2,1-3H3,(H,37,41)/t29?,44-/m1/s1. The van der Waals surface area contributed by atoms with E-state index >= 15 is 0 Å². The first kappa shape index (κ1) is 30.0. The van der Waals surface area contributed by atoms with Crippen LogP contribution in [-0.4, -0.2) is 36.2 Å². The van der Waals surface area contributed by atoms with Crippen LogP contribution in [0.5, 0.6) is 0 Å². The first-order chi connectivity index (χ1) is 21.1. The van der Waals surface area contributed by atoms with Crippen LogP contribution in [-0.2, 0) is 24.5 Å². The molecular formula is C35H34FN3O4S. The lowest BCUT2D eigenvalue weighted by Gasteiger charge is -2.33. The molecule has 226 valence electrons. The number of hydrogen-bond donors (Lipinski definition) is 2. The summed E-state index contributed by atoms with van der Waals surface area (Å²) in [5.41, 5.74) is 5.16. The summed E-state index contributed by atoms with van der Waals surface area (Å²) in [6, 6.07) is 25.2. The zero-order valence-electron chi connectivity index (χ0n) is 24.8. The van der Waals surface area contributed by atoms with Gasteiger partial charge in [-0.15, -0.1) is 4.31 Å². The van der Waals surface area contributed by atoms with Crippen molar-refractivity contribution in [1.29, 1.82) is 0 Å². The Morgan fingerprint density at radius 1 is 1.07 bits per heavy atom. The monoisotopic (exact) mass is 611 g/mol. The number of rotatable bonds is 8. The minimum Gasteiger partial charge on any atom is -0.597 e. The summed E-state index contributed by atoms with van der Waals surface area (Å²) in [5, 5.41) is 13.9. The second-order valence-electron chi connectivity index (χ2n) is 11.9. The van der Waals surface area contributed by atoms with E-state index in [0.29, 0.717) is 30.0 Å². The molecule has 1 aliphatic heterocycles. The molecule has 9 heteroatoms. The molecule has 0 saturated carbocycles. The van der Waals surface area contributed by atoms with Gasteiger partial charge in [0.25, 0.3) is 5.91 Å². The Morgan fingerprint density at radius 3 is 2.57 bits per heavy atom. The van der Waals surface area contributed by atoms with Gasteiger partial charge in [0.2, 0.25) is 0 Å². The van der Waals surface area contributed by atoms with E-state index in [4.69, 9.17) is 9.40 Å². The van der Waals surface area contributed by atoms with E-state index in [0.717, 1.165) is 33.2 Å². The topological polar surface area (TPSA) is 102 Å². The van der Waals surface area contributed by atoms with E-state index in [9.17, 15) is 18.8 Å². The minimum absolute atomic E-state index is 0.00838. The zero-order valence-corrected chi connectivity index (χ0v) is 25.7. The van der Waals surface area contributed by atoms with E-state index in [1.165, 1.54) is 6.07 Å². The van der Waals surface area contributed by atoms with Gasteiger partial charge >= 0.3 is 0 Å². The molecule has 0 spiro atoms. The fourth-order valence-corrected chi connectivity index (χ4v) is 7.06. The van der Waals surface area contributed by atoms with Gasteiger partial charge < -0.3 is 19.4 Å². The number of furan rings is 1. The summed E-state index contributed by atoms with van der Waals surface area (Å²) in [6.07, 6.45) is 0.353. The molecule has 3 aromatic carbocycles. The lowest BCUT2D eigenvalue weighted by atomic mass is 9.95. The number of benzene rings is 3. The number of carbonyl (C=O) groups excluding carboxylic acids is 1. The molecule has 44 heavy (non-hydrogen) atoms. The highest BCUT2D eigenvalue weighted by Gasteiger charge is 2.45. The highest BCUT2D eigenvalue weighted by atomic mass is 32.2. The van der Waals surface area contributed by atoms with E-state index in [1.54, 1.807) is 24.3 Å². The lowest BCUT2D eigenvalue weighted by Crippen LogP contribution is -2.42. The molecule has 0 radical (unpaired) electrons. The van der Waals surface area contributed by atoms with Crippen molar-refractivity contribution in [1.82, 2.24) is 14.6 Å². The van der Waals surface area contributed by atoms with Crippen LogP contribution in [0.3, 0.4) is 0 Å². The highest BCUT2D eigenvalue weighted by molar-refractivity contribution is 7.90. The molecule has 3 heterocycles. The first-order valence-electron chi connectivity index (χ1n) is 14.6. The molecular weight excluding hydrogens is 577 g/mol. The summed E-state index contributed by atoms with van der Waals surface area (Å²) in [5.74, 6) is -0.143. The highest BCUT2D eigenvalue weighted by Crippen LogP contribution is 2.45. The third-order valence-corrected chi connectivity index (χ3v) is 9.62. The van der Waals surface area contributed by atoms with E-state index in [-0.39, 0.29) is 24.9 Å². The number of nitrogens with zero attached hydrogens (tertiary/aromatic N) is 2. The number of hydrogen-bond acceptors (Lipinski definition) is 6. The van der Waals surface area contributed by atoms with Gasteiger partial charge in [0.1, 0.15) is 27.6 Å². The second-order valence-corrected chi connectivity index (χ2v) is 14.1. The van der Waals surface area contributed by atoms with Crippen LogP contribution in [0.4, 0.5) is 4.39 Å². The Bertz CT molecular complexity index is 1800. The number of para-hydroxylation sites is 1. The van der Waals surface area contributed by atoms with Crippen LogP contribution in [0, 0.1) is 5.82 Å². The predicted octanol–water partition coefficient (Wildman–Crippen LogP) is 6.93. The van der Waals surface area contributed by atoms with Crippen molar-refractivity contribution in [3.8, 4) is 22.6 Å². The van der Waals surface area contributed by atoms with Crippen molar-refractivity contribution in [2.75, 3.05) is 6.61 Å². The van der Waals surface area contributed by atoms with Gasteiger partial charge in [0, 0.05) is 52.2 Å². The zero-order chi connectivity index (χ0) is 31.0. The van der Waals surface area contributed by atoms with Crippen molar-refractivity contribution in [3.63, 3.8) is 0 Å². The maximum atomic E-state index is 14.3. The van der Waals surface area contributed by atoms with Crippen LogP contribution in [0.25, 0.3) is 33.6 Å². The molecule has 0 bridgehead atoms. The number of aliphatic hydroxyl groups excluding tert-OH is 1. The Morgan fingerprint density at radius 2 is 1.82 bits per heavy atom.